The van der Waals surface area contributed by atoms with Crippen LogP contribution >= 0.6 is 0 Å². The molecule has 7 atom stereocenters. The minimum absolute atomic E-state index is 0.0808. The average Bonchev–Trinajstić information content (AvgIpc) is 3.42. The van der Waals surface area contributed by atoms with Gasteiger partial charge in [-0.25, -0.2) is 0 Å². The number of aliphatic hydroxyl groups is 1. The number of hydrogen-bond acceptors (Lipinski definition) is 6. The largest absolute Gasteiger partial charge is 0.411 e. The number of oxime groups is 1. The van der Waals surface area contributed by atoms with Crippen molar-refractivity contribution in [1.29, 1.82) is 0 Å². The molecule has 1 aliphatic heterocycles. The summed E-state index contributed by atoms with van der Waals surface area (Å²) in [6.45, 7) is 5.01. The Hall–Kier alpha value is -2.02. The van der Waals surface area contributed by atoms with Crippen molar-refractivity contribution in [3.05, 3.63) is 47.0 Å². The summed E-state index contributed by atoms with van der Waals surface area (Å²) >= 11 is 0. The third-order valence-electron chi connectivity index (χ3n) is 10.7. The zero-order chi connectivity index (χ0) is 24.0. The number of fused-ring (bicyclic) bond motifs is 2. The monoisotopic (exact) mass is 465 g/mol. The zero-order valence-electron chi connectivity index (χ0n) is 20.3. The van der Waals surface area contributed by atoms with Crippen molar-refractivity contribution in [1.82, 2.24) is 0 Å². The molecular formula is C28H35NO5. The molecule has 1 unspecified atom stereocenters. The van der Waals surface area contributed by atoms with Crippen LogP contribution in [-0.4, -0.2) is 52.8 Å². The Morgan fingerprint density at radius 3 is 2.62 bits per heavy atom. The molecule has 2 N–H and O–H groups in total. The molecule has 0 radical (unpaired) electrons. The van der Waals surface area contributed by atoms with E-state index in [-0.39, 0.29) is 33.7 Å². The first-order chi connectivity index (χ1) is 16.2. The van der Waals surface area contributed by atoms with Crippen LogP contribution in [0.25, 0.3) is 0 Å². The zero-order valence-corrected chi connectivity index (χ0v) is 20.3. The standard InChI is InChI=1S/C28H35NO5/c1-24-11-8-20-14-21(30)9-13-27(20)28(24,34-27)22(19-6-4-18(5-7-19)16-29-32)15-25(2)23(24)10-12-26(25,31)17-33-3/h4-7,14,16,22-23,31-32H,8-13,15,17H2,1-3H3/b29-16+/t22-,23+,24+,25+,26-,27+,28?/m1/s1. The Labute approximate surface area is 201 Å². The van der Waals surface area contributed by atoms with Crippen molar-refractivity contribution >= 4 is 12.0 Å². The number of methoxy groups -OCH3 is 1. The SMILES string of the molecule is COC[C@]1(O)CC[C@H]2[C@]3(C)CCC4=CC(=O)CC[C@]45OC53[C@@H](c3ccc(/C=N/O)cc3)C[C@@]21C. The normalized spacial score (nSPS) is 46.9. The van der Waals surface area contributed by atoms with E-state index in [0.29, 0.717) is 18.9 Å². The fourth-order valence-electron chi connectivity index (χ4n) is 9.19. The molecule has 4 aliphatic carbocycles. The summed E-state index contributed by atoms with van der Waals surface area (Å²) in [6.07, 6.45) is 8.96. The second-order valence-electron chi connectivity index (χ2n) is 11.9. The number of epoxide rings is 1. The number of ketones is 1. The van der Waals surface area contributed by atoms with Crippen molar-refractivity contribution < 1.29 is 24.6 Å². The third-order valence-corrected chi connectivity index (χ3v) is 10.7. The van der Waals surface area contributed by atoms with Gasteiger partial charge in [0.1, 0.15) is 11.2 Å². The van der Waals surface area contributed by atoms with Crippen molar-refractivity contribution in [3.63, 3.8) is 0 Å². The van der Waals surface area contributed by atoms with Gasteiger partial charge in [-0.15, -0.1) is 0 Å². The van der Waals surface area contributed by atoms with Gasteiger partial charge in [0.15, 0.2) is 5.78 Å². The summed E-state index contributed by atoms with van der Waals surface area (Å²) in [5.74, 6) is 0.614. The van der Waals surface area contributed by atoms with Crippen LogP contribution in [0.3, 0.4) is 0 Å². The second-order valence-corrected chi connectivity index (χ2v) is 11.9. The highest BCUT2D eigenvalue weighted by molar-refractivity contribution is 5.92. The van der Waals surface area contributed by atoms with Gasteiger partial charge in [0.2, 0.25) is 0 Å². The summed E-state index contributed by atoms with van der Waals surface area (Å²) in [5.41, 5.74) is 1.16. The van der Waals surface area contributed by atoms with Gasteiger partial charge in [0, 0.05) is 30.3 Å². The molecule has 5 aliphatic rings. The minimum atomic E-state index is -0.876. The molecule has 6 heteroatoms. The molecule has 0 bridgehead atoms. The number of nitrogens with zero attached hydrogens (tertiary/aromatic N) is 1. The van der Waals surface area contributed by atoms with E-state index in [1.54, 1.807) is 7.11 Å². The molecule has 1 aromatic carbocycles. The maximum Gasteiger partial charge on any atom is 0.155 e. The van der Waals surface area contributed by atoms with Gasteiger partial charge in [0.05, 0.1) is 18.4 Å². The topological polar surface area (TPSA) is 91.7 Å². The Bertz CT molecular complexity index is 1100. The first-order valence-electron chi connectivity index (χ1n) is 12.6. The first-order valence-corrected chi connectivity index (χ1v) is 12.6. The lowest BCUT2D eigenvalue weighted by Crippen LogP contribution is -2.64. The molecule has 6 nitrogen and oxygen atoms in total. The van der Waals surface area contributed by atoms with Gasteiger partial charge < -0.3 is 19.8 Å². The molecule has 2 spiro atoms. The molecule has 0 aromatic heterocycles. The highest BCUT2D eigenvalue weighted by Crippen LogP contribution is 2.83. The smallest absolute Gasteiger partial charge is 0.155 e. The molecule has 34 heavy (non-hydrogen) atoms. The molecule has 0 amide bonds. The van der Waals surface area contributed by atoms with E-state index in [1.807, 2.05) is 18.2 Å². The number of carbonyl (C=O) groups excluding carboxylic acids is 1. The molecule has 1 saturated heterocycles. The van der Waals surface area contributed by atoms with Crippen LogP contribution in [0.4, 0.5) is 0 Å². The summed E-state index contributed by atoms with van der Waals surface area (Å²) in [7, 11) is 1.68. The van der Waals surface area contributed by atoms with Gasteiger partial charge in [-0.1, -0.05) is 43.3 Å². The second kappa shape index (κ2) is 7.02. The van der Waals surface area contributed by atoms with Gasteiger partial charge >= 0.3 is 0 Å². The first kappa shape index (κ1) is 22.4. The Morgan fingerprint density at radius 2 is 1.91 bits per heavy atom. The van der Waals surface area contributed by atoms with E-state index < -0.39 is 5.60 Å². The molecule has 182 valence electrons. The van der Waals surface area contributed by atoms with Gasteiger partial charge in [-0.05, 0) is 67.2 Å². The highest BCUT2D eigenvalue weighted by Gasteiger charge is 2.87. The molecular weight excluding hydrogens is 430 g/mol. The molecule has 4 fully saturated rings. The van der Waals surface area contributed by atoms with Gasteiger partial charge in [-0.3, -0.25) is 4.79 Å². The number of hydrogen-bond donors (Lipinski definition) is 2. The lowest BCUT2D eigenvalue weighted by atomic mass is 9.41. The molecule has 6 rings (SSSR count). The van der Waals surface area contributed by atoms with E-state index in [0.717, 1.165) is 44.1 Å². The number of rotatable bonds is 4. The summed E-state index contributed by atoms with van der Waals surface area (Å²) in [4.78, 5) is 12.3. The fraction of sp³-hybridized carbons (Fsp3) is 0.643. The van der Waals surface area contributed by atoms with Crippen molar-refractivity contribution in [2.75, 3.05) is 13.7 Å². The van der Waals surface area contributed by atoms with Crippen molar-refractivity contribution in [2.45, 2.75) is 81.5 Å². The van der Waals surface area contributed by atoms with E-state index in [2.05, 4.69) is 31.1 Å². The van der Waals surface area contributed by atoms with Crippen molar-refractivity contribution in [3.8, 4) is 0 Å². The van der Waals surface area contributed by atoms with Crippen LogP contribution < -0.4 is 0 Å². The lowest BCUT2D eigenvalue weighted by Gasteiger charge is -2.61. The van der Waals surface area contributed by atoms with E-state index in [4.69, 9.17) is 14.7 Å². The predicted octanol–water partition coefficient (Wildman–Crippen LogP) is 4.37. The van der Waals surface area contributed by atoms with Crippen LogP contribution in [0.15, 0.2) is 41.1 Å². The predicted molar refractivity (Wildman–Crippen MR) is 127 cm³/mol. The summed E-state index contributed by atoms with van der Waals surface area (Å²) in [5, 5.41) is 24.0. The summed E-state index contributed by atoms with van der Waals surface area (Å²) in [6, 6.07) is 8.19. The lowest BCUT2D eigenvalue weighted by molar-refractivity contribution is -0.171. The maximum absolute atomic E-state index is 12.3. The molecule has 1 aromatic rings. The molecule has 1 heterocycles. The highest BCUT2D eigenvalue weighted by atomic mass is 16.6. The number of ether oxygens (including phenoxy) is 2. The Morgan fingerprint density at radius 1 is 1.15 bits per heavy atom. The number of benzene rings is 1. The maximum atomic E-state index is 12.3. The van der Waals surface area contributed by atoms with Crippen LogP contribution in [0.2, 0.25) is 0 Å². The van der Waals surface area contributed by atoms with Crippen molar-refractivity contribution in [2.24, 2.45) is 21.9 Å². The van der Waals surface area contributed by atoms with E-state index in [1.165, 1.54) is 17.4 Å². The molecule has 3 saturated carbocycles. The fourth-order valence-corrected chi connectivity index (χ4v) is 9.19. The van der Waals surface area contributed by atoms with Crippen LogP contribution in [0, 0.1) is 16.7 Å². The summed E-state index contributed by atoms with van der Waals surface area (Å²) < 4.78 is 12.6. The quantitative estimate of drug-likeness (QED) is 0.298. The van der Waals surface area contributed by atoms with Crippen LogP contribution in [-0.2, 0) is 14.3 Å². The van der Waals surface area contributed by atoms with E-state index >= 15 is 0 Å². The number of carbonyl (C=O) groups is 1. The third kappa shape index (κ3) is 2.47. The average molecular weight is 466 g/mol. The minimum Gasteiger partial charge on any atom is -0.411 e. The van der Waals surface area contributed by atoms with Gasteiger partial charge in [-0.2, -0.15) is 0 Å². The van der Waals surface area contributed by atoms with E-state index in [9.17, 15) is 9.90 Å². The van der Waals surface area contributed by atoms with Gasteiger partial charge in [0.25, 0.3) is 0 Å². The van der Waals surface area contributed by atoms with Crippen LogP contribution in [0.1, 0.15) is 75.8 Å². The Kier molecular flexibility index (Phi) is 4.63. The Balaban J connectivity index is 1.53. The van der Waals surface area contributed by atoms with Crippen LogP contribution in [0.5, 0.6) is 0 Å².